The van der Waals surface area contributed by atoms with E-state index in [4.69, 9.17) is 0 Å². The number of carbonyl (C=O) groups excluding carboxylic acids is 1. The molecular weight excluding hydrogens is 345 g/mol. The Morgan fingerprint density at radius 3 is 2.36 bits per heavy atom. The largest absolute Gasteiger partial charge is 0.351 e. The molecule has 1 N–H and O–H groups in total. The maximum Gasteiger partial charge on any atom is 0.244 e. The summed E-state index contributed by atoms with van der Waals surface area (Å²) in [6, 6.07) is 4.32. The predicted octanol–water partition coefficient (Wildman–Crippen LogP) is 1.58. The summed E-state index contributed by atoms with van der Waals surface area (Å²) < 4.78 is 38.9. The van der Waals surface area contributed by atoms with Crippen LogP contribution >= 0.6 is 0 Å². The Morgan fingerprint density at radius 1 is 1.32 bits per heavy atom. The third-order valence-electron chi connectivity index (χ3n) is 4.48. The minimum atomic E-state index is -3.69. The number of likely N-dealkylation sites (tertiary alicyclic amines) is 1. The molecule has 0 radical (unpaired) electrons. The number of sulfonamides is 1. The highest BCUT2D eigenvalue weighted by Crippen LogP contribution is 2.23. The summed E-state index contributed by atoms with van der Waals surface area (Å²) >= 11 is 0. The molecule has 0 spiro atoms. The van der Waals surface area contributed by atoms with E-state index in [-0.39, 0.29) is 17.6 Å². The van der Waals surface area contributed by atoms with E-state index in [2.05, 4.69) is 10.2 Å². The second-order valence-corrected chi connectivity index (χ2v) is 8.40. The summed E-state index contributed by atoms with van der Waals surface area (Å²) in [4.78, 5) is 14.9. The number of halogens is 1. The molecule has 25 heavy (non-hydrogen) atoms. The molecule has 1 amide bonds. The van der Waals surface area contributed by atoms with E-state index in [1.165, 1.54) is 24.3 Å². The van der Waals surface area contributed by atoms with E-state index in [0.717, 1.165) is 36.5 Å². The summed E-state index contributed by atoms with van der Waals surface area (Å²) in [6.07, 6.45) is 3.06. The molecule has 0 aliphatic carbocycles. The van der Waals surface area contributed by atoms with Crippen molar-refractivity contribution < 1.29 is 17.6 Å². The molecule has 0 saturated carbocycles. The molecule has 0 bridgehead atoms. The van der Waals surface area contributed by atoms with E-state index >= 15 is 0 Å². The molecule has 1 heterocycles. The predicted molar refractivity (Wildman–Crippen MR) is 96.5 cm³/mol. The van der Waals surface area contributed by atoms with Gasteiger partial charge in [0.2, 0.25) is 15.9 Å². The molecule has 1 atom stereocenters. The van der Waals surface area contributed by atoms with Gasteiger partial charge in [0, 0.05) is 6.04 Å². The second kappa shape index (κ2) is 8.14. The van der Waals surface area contributed by atoms with E-state index in [9.17, 15) is 17.6 Å². The maximum absolute atomic E-state index is 13.2. The molecule has 1 aromatic carbocycles. The van der Waals surface area contributed by atoms with Gasteiger partial charge in [-0.05, 0) is 63.7 Å². The Labute approximate surface area is 149 Å². The highest BCUT2D eigenvalue weighted by molar-refractivity contribution is 7.92. The van der Waals surface area contributed by atoms with Crippen molar-refractivity contribution in [3.05, 3.63) is 30.1 Å². The maximum atomic E-state index is 13.2. The average Bonchev–Trinajstić information content (AvgIpc) is 2.54. The summed E-state index contributed by atoms with van der Waals surface area (Å²) in [6.45, 7) is 3.56. The van der Waals surface area contributed by atoms with Crippen molar-refractivity contribution in [2.75, 3.05) is 30.7 Å². The van der Waals surface area contributed by atoms with Crippen molar-refractivity contribution in [1.82, 2.24) is 10.2 Å². The zero-order valence-corrected chi connectivity index (χ0v) is 15.7. The lowest BCUT2D eigenvalue weighted by molar-refractivity contribution is -0.123. The number of rotatable bonds is 6. The van der Waals surface area contributed by atoms with Crippen LogP contribution in [-0.2, 0) is 14.8 Å². The van der Waals surface area contributed by atoms with E-state index < -0.39 is 21.9 Å². The Kier molecular flexibility index (Phi) is 6.40. The SMILES string of the molecule is CCC(C(=O)NC1CCN(C)CC1)N(c1ccc(F)cc1)S(C)(=O)=O. The summed E-state index contributed by atoms with van der Waals surface area (Å²) in [5.41, 5.74) is 0.286. The zero-order valence-electron chi connectivity index (χ0n) is 14.9. The van der Waals surface area contributed by atoms with Crippen LogP contribution in [0.1, 0.15) is 26.2 Å². The molecule has 1 saturated heterocycles. The van der Waals surface area contributed by atoms with Gasteiger partial charge in [0.1, 0.15) is 11.9 Å². The minimum Gasteiger partial charge on any atom is -0.351 e. The highest BCUT2D eigenvalue weighted by atomic mass is 32.2. The fourth-order valence-corrected chi connectivity index (χ4v) is 4.31. The number of anilines is 1. The molecule has 1 fully saturated rings. The normalized spacial score (nSPS) is 17.9. The lowest BCUT2D eigenvalue weighted by atomic mass is 10.0. The van der Waals surface area contributed by atoms with Gasteiger partial charge >= 0.3 is 0 Å². The molecule has 1 unspecified atom stereocenters. The van der Waals surface area contributed by atoms with Crippen LogP contribution in [0.25, 0.3) is 0 Å². The van der Waals surface area contributed by atoms with E-state index in [1.807, 2.05) is 7.05 Å². The summed E-state index contributed by atoms with van der Waals surface area (Å²) in [5, 5.41) is 2.98. The van der Waals surface area contributed by atoms with Crippen molar-refractivity contribution >= 4 is 21.6 Å². The van der Waals surface area contributed by atoms with Gasteiger partial charge < -0.3 is 10.2 Å². The van der Waals surface area contributed by atoms with Crippen molar-refractivity contribution in [2.45, 2.75) is 38.3 Å². The smallest absolute Gasteiger partial charge is 0.244 e. The third kappa shape index (κ3) is 5.15. The Hall–Kier alpha value is -1.67. The van der Waals surface area contributed by atoms with Crippen LogP contribution in [-0.4, -0.2) is 57.7 Å². The van der Waals surface area contributed by atoms with Gasteiger partial charge in [0.05, 0.1) is 11.9 Å². The molecule has 1 aliphatic heterocycles. The topological polar surface area (TPSA) is 69.7 Å². The minimum absolute atomic E-state index is 0.0485. The van der Waals surface area contributed by atoms with E-state index in [0.29, 0.717) is 6.42 Å². The zero-order chi connectivity index (χ0) is 18.6. The first kappa shape index (κ1) is 19.7. The fourth-order valence-electron chi connectivity index (χ4n) is 3.10. The monoisotopic (exact) mass is 371 g/mol. The number of piperidine rings is 1. The molecule has 0 aromatic heterocycles. The summed E-state index contributed by atoms with van der Waals surface area (Å²) in [5.74, 6) is -0.771. The molecule has 140 valence electrons. The standard InChI is InChI=1S/C17H26FN3O3S/c1-4-16(17(22)19-14-9-11-20(2)12-10-14)21(25(3,23)24)15-7-5-13(18)6-8-15/h5-8,14,16H,4,9-12H2,1-3H3,(H,19,22). The van der Waals surface area contributed by atoms with Gasteiger partial charge in [-0.25, -0.2) is 12.8 Å². The molecular formula is C17H26FN3O3S. The van der Waals surface area contributed by atoms with Crippen LogP contribution in [0.3, 0.4) is 0 Å². The first-order valence-electron chi connectivity index (χ1n) is 8.46. The van der Waals surface area contributed by atoms with Gasteiger partial charge in [0.15, 0.2) is 0 Å². The molecule has 1 aromatic rings. The molecule has 2 rings (SSSR count). The van der Waals surface area contributed by atoms with E-state index in [1.54, 1.807) is 6.92 Å². The highest BCUT2D eigenvalue weighted by Gasteiger charge is 2.32. The lowest BCUT2D eigenvalue weighted by Gasteiger charge is -2.34. The quantitative estimate of drug-likeness (QED) is 0.824. The Balaban J connectivity index is 2.21. The molecule has 6 nitrogen and oxygen atoms in total. The molecule has 1 aliphatic rings. The van der Waals surface area contributed by atoms with Gasteiger partial charge in [-0.15, -0.1) is 0 Å². The fraction of sp³-hybridized carbons (Fsp3) is 0.588. The Morgan fingerprint density at radius 2 is 1.88 bits per heavy atom. The Bertz CT molecular complexity index is 686. The van der Waals surface area contributed by atoms with Gasteiger partial charge in [0.25, 0.3) is 0 Å². The average molecular weight is 371 g/mol. The first-order valence-corrected chi connectivity index (χ1v) is 10.3. The van der Waals surface area contributed by atoms with Crippen LogP contribution < -0.4 is 9.62 Å². The number of nitrogens with one attached hydrogen (secondary N) is 1. The second-order valence-electron chi connectivity index (χ2n) is 6.55. The number of hydrogen-bond acceptors (Lipinski definition) is 4. The number of carbonyl (C=O) groups is 1. The molecule has 8 heteroatoms. The van der Waals surface area contributed by atoms with Crippen molar-refractivity contribution in [2.24, 2.45) is 0 Å². The van der Waals surface area contributed by atoms with Crippen molar-refractivity contribution in [1.29, 1.82) is 0 Å². The van der Waals surface area contributed by atoms with Crippen molar-refractivity contribution in [3.63, 3.8) is 0 Å². The lowest BCUT2D eigenvalue weighted by Crippen LogP contribution is -2.53. The van der Waals surface area contributed by atoms with Crippen LogP contribution in [0.2, 0.25) is 0 Å². The van der Waals surface area contributed by atoms with Gasteiger partial charge in [-0.3, -0.25) is 9.10 Å². The van der Waals surface area contributed by atoms with Crippen LogP contribution in [0, 0.1) is 5.82 Å². The number of nitrogens with zero attached hydrogens (tertiary/aromatic N) is 2. The number of amides is 1. The third-order valence-corrected chi connectivity index (χ3v) is 5.66. The van der Waals surface area contributed by atoms with Gasteiger partial charge in [-0.2, -0.15) is 0 Å². The first-order chi connectivity index (χ1) is 11.7. The van der Waals surface area contributed by atoms with Crippen molar-refractivity contribution in [3.8, 4) is 0 Å². The van der Waals surface area contributed by atoms with Crippen LogP contribution in [0.5, 0.6) is 0 Å². The van der Waals surface area contributed by atoms with Gasteiger partial charge in [-0.1, -0.05) is 6.92 Å². The number of benzene rings is 1. The summed E-state index contributed by atoms with van der Waals surface area (Å²) in [7, 11) is -1.66. The van der Waals surface area contributed by atoms with Crippen LogP contribution in [0.4, 0.5) is 10.1 Å². The number of hydrogen-bond donors (Lipinski definition) is 1. The van der Waals surface area contributed by atoms with Crippen LogP contribution in [0.15, 0.2) is 24.3 Å².